The SMILES string of the molecule is C=C(C)CN(C)C(=O)NC(CCO)C(=O)O. The number of aliphatic carboxylic acids is 1. The van der Waals surface area contributed by atoms with Crippen LogP contribution in [0.25, 0.3) is 0 Å². The lowest BCUT2D eigenvalue weighted by Gasteiger charge is -2.21. The van der Waals surface area contributed by atoms with Crippen LogP contribution in [0, 0.1) is 0 Å². The Hall–Kier alpha value is -1.56. The first-order valence-corrected chi connectivity index (χ1v) is 4.88. The topological polar surface area (TPSA) is 89.9 Å². The van der Waals surface area contributed by atoms with Crippen molar-refractivity contribution < 1.29 is 19.8 Å². The maximum Gasteiger partial charge on any atom is 0.326 e. The summed E-state index contributed by atoms with van der Waals surface area (Å²) in [4.78, 5) is 23.5. The number of rotatable bonds is 6. The third-order valence-electron chi connectivity index (χ3n) is 1.87. The smallest absolute Gasteiger partial charge is 0.326 e. The molecule has 3 N–H and O–H groups in total. The van der Waals surface area contributed by atoms with Crippen molar-refractivity contribution in [1.82, 2.24) is 10.2 Å². The quantitative estimate of drug-likeness (QED) is 0.562. The van der Waals surface area contributed by atoms with E-state index in [4.69, 9.17) is 10.2 Å². The Kier molecular flexibility index (Phi) is 6.17. The van der Waals surface area contributed by atoms with Gasteiger partial charge in [-0.25, -0.2) is 9.59 Å². The van der Waals surface area contributed by atoms with Gasteiger partial charge in [0.15, 0.2) is 0 Å². The second-order valence-electron chi connectivity index (χ2n) is 3.67. The average Bonchev–Trinajstić information content (AvgIpc) is 2.15. The molecule has 6 nitrogen and oxygen atoms in total. The van der Waals surface area contributed by atoms with Gasteiger partial charge in [0.25, 0.3) is 0 Å². The summed E-state index contributed by atoms with van der Waals surface area (Å²) in [7, 11) is 1.54. The fourth-order valence-corrected chi connectivity index (χ4v) is 1.12. The lowest BCUT2D eigenvalue weighted by atomic mass is 10.2. The standard InChI is InChI=1S/C10H18N2O4/c1-7(2)6-12(3)10(16)11-8(4-5-13)9(14)15/h8,13H,1,4-6H2,2-3H3,(H,11,16)(H,14,15). The van der Waals surface area contributed by atoms with E-state index in [1.807, 2.05) is 0 Å². The third-order valence-corrected chi connectivity index (χ3v) is 1.87. The van der Waals surface area contributed by atoms with Crippen LogP contribution in [0.5, 0.6) is 0 Å². The fourth-order valence-electron chi connectivity index (χ4n) is 1.12. The molecular formula is C10H18N2O4. The first-order chi connectivity index (χ1) is 7.38. The van der Waals surface area contributed by atoms with Gasteiger partial charge in [0.2, 0.25) is 0 Å². The predicted molar refractivity (Wildman–Crippen MR) is 59.1 cm³/mol. The van der Waals surface area contributed by atoms with E-state index in [1.165, 1.54) is 4.90 Å². The zero-order valence-corrected chi connectivity index (χ0v) is 9.56. The molecule has 0 aliphatic carbocycles. The molecule has 2 amide bonds. The molecule has 0 spiro atoms. The second-order valence-corrected chi connectivity index (χ2v) is 3.67. The van der Waals surface area contributed by atoms with Crippen molar-refractivity contribution in [2.24, 2.45) is 0 Å². The van der Waals surface area contributed by atoms with Crippen molar-refractivity contribution in [1.29, 1.82) is 0 Å². The summed E-state index contributed by atoms with van der Waals surface area (Å²) < 4.78 is 0. The highest BCUT2D eigenvalue weighted by Crippen LogP contribution is 1.97. The number of aliphatic hydroxyl groups excluding tert-OH is 1. The Labute approximate surface area is 94.6 Å². The summed E-state index contributed by atoms with van der Waals surface area (Å²) in [5.74, 6) is -1.16. The van der Waals surface area contributed by atoms with Gasteiger partial charge in [-0.05, 0) is 6.92 Å². The molecule has 1 atom stereocenters. The molecule has 6 heteroatoms. The van der Waals surface area contributed by atoms with Gasteiger partial charge in [0.1, 0.15) is 6.04 Å². The van der Waals surface area contributed by atoms with Crippen LogP contribution >= 0.6 is 0 Å². The number of hydrogen-bond acceptors (Lipinski definition) is 3. The van der Waals surface area contributed by atoms with Gasteiger partial charge in [-0.15, -0.1) is 0 Å². The van der Waals surface area contributed by atoms with Crippen LogP contribution in [0.4, 0.5) is 4.79 Å². The number of nitrogens with one attached hydrogen (secondary N) is 1. The van der Waals surface area contributed by atoms with Gasteiger partial charge in [-0.2, -0.15) is 0 Å². The molecule has 0 heterocycles. The summed E-state index contributed by atoms with van der Waals surface area (Å²) in [6, 6.07) is -1.56. The molecule has 0 aromatic carbocycles. The normalized spacial score (nSPS) is 11.7. The van der Waals surface area contributed by atoms with E-state index in [1.54, 1.807) is 14.0 Å². The highest BCUT2D eigenvalue weighted by molar-refractivity contribution is 5.82. The van der Waals surface area contributed by atoms with Crippen LogP contribution in [0.15, 0.2) is 12.2 Å². The predicted octanol–water partition coefficient (Wildman–Crippen LogP) is 0.0395. The number of carboxylic acid groups (broad SMARTS) is 1. The largest absolute Gasteiger partial charge is 0.480 e. The van der Waals surface area contributed by atoms with Gasteiger partial charge >= 0.3 is 12.0 Å². The zero-order valence-electron chi connectivity index (χ0n) is 9.56. The third kappa shape index (κ3) is 5.35. The molecule has 0 radical (unpaired) electrons. The highest BCUT2D eigenvalue weighted by atomic mass is 16.4. The monoisotopic (exact) mass is 230 g/mol. The summed E-state index contributed by atoms with van der Waals surface area (Å²) in [6.07, 6.45) is -0.0119. The van der Waals surface area contributed by atoms with Crippen LogP contribution in [0.1, 0.15) is 13.3 Å². The Morgan fingerprint density at radius 3 is 2.44 bits per heavy atom. The van der Waals surface area contributed by atoms with Crippen LogP contribution in [-0.2, 0) is 4.79 Å². The minimum atomic E-state index is -1.16. The van der Waals surface area contributed by atoms with E-state index in [0.717, 1.165) is 5.57 Å². The number of carbonyl (C=O) groups excluding carboxylic acids is 1. The summed E-state index contributed by atoms with van der Waals surface area (Å²) >= 11 is 0. The Bertz CT molecular complexity index is 278. The van der Waals surface area contributed by atoms with Crippen molar-refractivity contribution in [2.75, 3.05) is 20.2 Å². The van der Waals surface area contributed by atoms with Crippen LogP contribution < -0.4 is 5.32 Å². The van der Waals surface area contributed by atoms with Crippen LogP contribution in [0.2, 0.25) is 0 Å². The number of amides is 2. The first-order valence-electron chi connectivity index (χ1n) is 4.88. The van der Waals surface area contributed by atoms with Crippen molar-refractivity contribution in [3.8, 4) is 0 Å². The lowest BCUT2D eigenvalue weighted by Crippen LogP contribution is -2.47. The zero-order chi connectivity index (χ0) is 12.7. The van der Waals surface area contributed by atoms with Crippen molar-refractivity contribution in [3.63, 3.8) is 0 Å². The number of carbonyl (C=O) groups is 2. The molecular weight excluding hydrogens is 212 g/mol. The molecule has 0 bridgehead atoms. The van der Waals surface area contributed by atoms with Crippen LogP contribution in [0.3, 0.4) is 0 Å². The maximum atomic E-state index is 11.5. The maximum absolute atomic E-state index is 11.5. The molecule has 0 rings (SSSR count). The summed E-state index contributed by atoms with van der Waals surface area (Å²) in [5.41, 5.74) is 0.798. The van der Waals surface area contributed by atoms with Gasteiger partial charge < -0.3 is 20.4 Å². The minimum Gasteiger partial charge on any atom is -0.480 e. The Balaban J connectivity index is 4.28. The number of nitrogens with zero attached hydrogens (tertiary/aromatic N) is 1. The molecule has 0 fully saturated rings. The van der Waals surface area contributed by atoms with Gasteiger partial charge in [0, 0.05) is 26.6 Å². The molecule has 1 unspecified atom stereocenters. The van der Waals surface area contributed by atoms with Gasteiger partial charge in [-0.3, -0.25) is 0 Å². The molecule has 92 valence electrons. The molecule has 0 aliphatic heterocycles. The van der Waals surface area contributed by atoms with E-state index >= 15 is 0 Å². The fraction of sp³-hybridized carbons (Fsp3) is 0.600. The number of aliphatic hydroxyl groups is 1. The number of urea groups is 1. The number of likely N-dealkylation sites (N-methyl/N-ethyl adjacent to an activating group) is 1. The first kappa shape index (κ1) is 14.4. The van der Waals surface area contributed by atoms with E-state index in [0.29, 0.717) is 6.54 Å². The average molecular weight is 230 g/mol. The molecule has 0 aliphatic rings. The van der Waals surface area contributed by atoms with E-state index in [-0.39, 0.29) is 13.0 Å². The van der Waals surface area contributed by atoms with Gasteiger partial charge in [-0.1, -0.05) is 12.2 Å². The van der Waals surface area contributed by atoms with E-state index in [9.17, 15) is 9.59 Å². The van der Waals surface area contributed by atoms with E-state index < -0.39 is 18.0 Å². The summed E-state index contributed by atoms with van der Waals surface area (Å²) in [6.45, 7) is 5.49. The molecule has 16 heavy (non-hydrogen) atoms. The molecule has 0 aromatic heterocycles. The van der Waals surface area contributed by atoms with E-state index in [2.05, 4.69) is 11.9 Å². The molecule has 0 aromatic rings. The Morgan fingerprint density at radius 1 is 1.50 bits per heavy atom. The van der Waals surface area contributed by atoms with Gasteiger partial charge in [0.05, 0.1) is 0 Å². The highest BCUT2D eigenvalue weighted by Gasteiger charge is 2.20. The second kappa shape index (κ2) is 6.84. The molecule has 0 saturated heterocycles. The minimum absolute atomic E-state index is 0.0119. The van der Waals surface area contributed by atoms with Crippen LogP contribution in [-0.4, -0.2) is 53.4 Å². The summed E-state index contributed by atoms with van der Waals surface area (Å²) in [5, 5.41) is 19.7. The molecule has 0 saturated carbocycles. The van der Waals surface area contributed by atoms with Crippen molar-refractivity contribution >= 4 is 12.0 Å². The van der Waals surface area contributed by atoms with Crippen molar-refractivity contribution in [2.45, 2.75) is 19.4 Å². The number of carboxylic acids is 1. The Morgan fingerprint density at radius 2 is 2.06 bits per heavy atom. The number of hydrogen-bond donors (Lipinski definition) is 3. The van der Waals surface area contributed by atoms with Crippen molar-refractivity contribution in [3.05, 3.63) is 12.2 Å². The lowest BCUT2D eigenvalue weighted by molar-refractivity contribution is -0.139.